The van der Waals surface area contributed by atoms with E-state index < -0.39 is 36.5 Å². The molecule has 0 radical (unpaired) electrons. The molecule has 0 bridgehead atoms. The Balaban J connectivity index is 1.46. The number of benzene rings is 2. The highest BCUT2D eigenvalue weighted by molar-refractivity contribution is 6.10. The van der Waals surface area contributed by atoms with Crippen molar-refractivity contribution in [3.8, 4) is 5.75 Å². The second kappa shape index (κ2) is 7.74. The van der Waals surface area contributed by atoms with Gasteiger partial charge in [0, 0.05) is 5.69 Å². The van der Waals surface area contributed by atoms with Crippen molar-refractivity contribution in [2.45, 2.75) is 31.4 Å². The third-order valence-corrected chi connectivity index (χ3v) is 5.32. The van der Waals surface area contributed by atoms with E-state index in [9.17, 15) is 23.2 Å². The van der Waals surface area contributed by atoms with E-state index >= 15 is 0 Å². The molecule has 1 aliphatic heterocycles. The average Bonchev–Trinajstić information content (AvgIpc) is 2.94. The number of hydrogen-bond acceptors (Lipinski definition) is 4. The number of anilines is 1. The van der Waals surface area contributed by atoms with E-state index in [-0.39, 0.29) is 5.75 Å². The molecule has 2 N–H and O–H groups in total. The molecule has 156 valence electrons. The second-order valence-corrected chi connectivity index (χ2v) is 7.19. The van der Waals surface area contributed by atoms with Crippen LogP contribution >= 0.6 is 0 Å². The van der Waals surface area contributed by atoms with Gasteiger partial charge in [-0.15, -0.1) is 0 Å². The third-order valence-electron chi connectivity index (χ3n) is 5.32. The molecule has 0 saturated carbocycles. The lowest BCUT2D eigenvalue weighted by Crippen LogP contribution is -2.47. The maximum Gasteiger partial charge on any atom is 0.387 e. The lowest BCUT2D eigenvalue weighted by Gasteiger charge is -2.33. The number of urea groups is 1. The van der Waals surface area contributed by atoms with Crippen LogP contribution in [0.15, 0.2) is 48.5 Å². The molecule has 1 aliphatic carbocycles. The molecule has 2 aliphatic rings. The number of nitrogens with one attached hydrogen (secondary N) is 2. The fraction of sp³-hybridized carbons (Fsp3) is 0.286. The molecule has 1 atom stereocenters. The molecule has 0 aromatic heterocycles. The molecule has 2 aromatic rings. The van der Waals surface area contributed by atoms with Crippen LogP contribution in [0.4, 0.5) is 19.3 Å². The predicted octanol–water partition coefficient (Wildman–Crippen LogP) is 3.01. The van der Waals surface area contributed by atoms with E-state index in [1.807, 2.05) is 24.3 Å². The Hall–Kier alpha value is -3.49. The molecule has 7 nitrogen and oxygen atoms in total. The van der Waals surface area contributed by atoms with Crippen molar-refractivity contribution in [2.24, 2.45) is 0 Å². The summed E-state index contributed by atoms with van der Waals surface area (Å²) in [6.45, 7) is -3.40. The summed E-state index contributed by atoms with van der Waals surface area (Å²) in [5, 5.41) is 5.34. The Morgan fingerprint density at radius 2 is 1.90 bits per heavy atom. The van der Waals surface area contributed by atoms with Crippen LogP contribution < -0.4 is 15.4 Å². The van der Waals surface area contributed by atoms with E-state index in [4.69, 9.17) is 0 Å². The SMILES string of the molecule is O=C(CN1C(=O)N[C@@]2(CCCc3ccccc32)C1=O)Nc1ccc(OC(F)F)cc1. The largest absolute Gasteiger partial charge is 0.435 e. The van der Waals surface area contributed by atoms with Crippen molar-refractivity contribution in [3.63, 3.8) is 0 Å². The predicted molar refractivity (Wildman–Crippen MR) is 103 cm³/mol. The van der Waals surface area contributed by atoms with Crippen LogP contribution in [0.25, 0.3) is 0 Å². The van der Waals surface area contributed by atoms with Crippen molar-refractivity contribution in [1.29, 1.82) is 0 Å². The van der Waals surface area contributed by atoms with Gasteiger partial charge in [-0.2, -0.15) is 8.78 Å². The summed E-state index contributed by atoms with van der Waals surface area (Å²) in [7, 11) is 0. The smallest absolute Gasteiger partial charge is 0.387 e. The van der Waals surface area contributed by atoms with Gasteiger partial charge in [0.05, 0.1) is 0 Å². The molecule has 4 rings (SSSR count). The minimum absolute atomic E-state index is 0.0463. The van der Waals surface area contributed by atoms with Crippen LogP contribution in [0, 0.1) is 0 Å². The molecule has 1 heterocycles. The number of hydrogen-bond donors (Lipinski definition) is 2. The molecular weight excluding hydrogens is 396 g/mol. The molecule has 1 fully saturated rings. The second-order valence-electron chi connectivity index (χ2n) is 7.19. The molecule has 0 unspecified atom stereocenters. The Labute approximate surface area is 171 Å². The normalized spacial score (nSPS) is 20.3. The number of aryl methyl sites for hydroxylation is 1. The number of ether oxygens (including phenoxy) is 1. The zero-order valence-electron chi connectivity index (χ0n) is 15.9. The van der Waals surface area contributed by atoms with Gasteiger partial charge >= 0.3 is 12.6 Å². The van der Waals surface area contributed by atoms with Crippen LogP contribution in [0.2, 0.25) is 0 Å². The highest BCUT2D eigenvalue weighted by Gasteiger charge is 2.54. The molecule has 9 heteroatoms. The summed E-state index contributed by atoms with van der Waals surface area (Å²) in [5.41, 5.74) is 0.967. The van der Waals surface area contributed by atoms with Gasteiger partial charge in [0.15, 0.2) is 0 Å². The molecular formula is C21H19F2N3O4. The Bertz CT molecular complexity index is 996. The summed E-state index contributed by atoms with van der Waals surface area (Å²) >= 11 is 0. The van der Waals surface area contributed by atoms with E-state index in [2.05, 4.69) is 15.4 Å². The van der Waals surface area contributed by atoms with Crippen molar-refractivity contribution in [2.75, 3.05) is 11.9 Å². The lowest BCUT2D eigenvalue weighted by molar-refractivity contribution is -0.134. The number of halogens is 2. The minimum atomic E-state index is -2.94. The highest BCUT2D eigenvalue weighted by Crippen LogP contribution is 2.39. The monoisotopic (exact) mass is 415 g/mol. The fourth-order valence-corrected chi connectivity index (χ4v) is 4.02. The zero-order chi connectivity index (χ0) is 21.3. The lowest BCUT2D eigenvalue weighted by atomic mass is 9.76. The number of alkyl halides is 2. The van der Waals surface area contributed by atoms with Crippen molar-refractivity contribution >= 4 is 23.5 Å². The first-order valence-corrected chi connectivity index (χ1v) is 9.46. The molecule has 4 amide bonds. The topological polar surface area (TPSA) is 87.7 Å². The van der Waals surface area contributed by atoms with Gasteiger partial charge in [0.25, 0.3) is 5.91 Å². The van der Waals surface area contributed by atoms with Crippen molar-refractivity contribution in [1.82, 2.24) is 10.2 Å². The van der Waals surface area contributed by atoms with E-state index in [1.54, 1.807) is 0 Å². The van der Waals surface area contributed by atoms with Crippen LogP contribution in [-0.2, 0) is 21.5 Å². The highest BCUT2D eigenvalue weighted by atomic mass is 19.3. The van der Waals surface area contributed by atoms with Crippen LogP contribution in [-0.4, -0.2) is 35.9 Å². The quantitative estimate of drug-likeness (QED) is 0.735. The number of imide groups is 1. The molecule has 30 heavy (non-hydrogen) atoms. The standard InChI is InChI=1S/C21H19F2N3O4/c22-19(23)30-15-9-7-14(8-10-15)24-17(27)12-26-18(28)21(25-20(26)29)11-3-5-13-4-1-2-6-16(13)21/h1-2,4,6-10,19H,3,5,11-12H2,(H,24,27)(H,25,29)/t21-/m1/s1. The van der Waals surface area contributed by atoms with Crippen molar-refractivity contribution < 1.29 is 27.9 Å². The number of amides is 4. The maximum absolute atomic E-state index is 13.2. The first-order valence-electron chi connectivity index (χ1n) is 9.46. The first kappa shape index (κ1) is 19.8. The fourth-order valence-electron chi connectivity index (χ4n) is 4.02. The Kier molecular flexibility index (Phi) is 5.11. The van der Waals surface area contributed by atoms with Gasteiger partial charge in [-0.25, -0.2) is 4.79 Å². The van der Waals surface area contributed by atoms with Crippen LogP contribution in [0.1, 0.15) is 24.0 Å². The van der Waals surface area contributed by atoms with Gasteiger partial charge in [-0.3, -0.25) is 14.5 Å². The summed E-state index contributed by atoms with van der Waals surface area (Å²) in [5.74, 6) is -1.08. The molecule has 1 spiro atoms. The zero-order valence-corrected chi connectivity index (χ0v) is 15.9. The molecule has 1 saturated heterocycles. The van der Waals surface area contributed by atoms with Gasteiger partial charge in [0.1, 0.15) is 17.8 Å². The summed E-state index contributed by atoms with van der Waals surface area (Å²) < 4.78 is 28.7. The third kappa shape index (κ3) is 3.58. The van der Waals surface area contributed by atoms with Gasteiger partial charge in [-0.05, 0) is 54.7 Å². The number of carbonyl (C=O) groups excluding carboxylic acids is 3. The van der Waals surface area contributed by atoms with E-state index in [1.165, 1.54) is 24.3 Å². The Morgan fingerprint density at radius 1 is 1.17 bits per heavy atom. The first-order chi connectivity index (χ1) is 14.4. The maximum atomic E-state index is 13.2. The van der Waals surface area contributed by atoms with Crippen LogP contribution in [0.5, 0.6) is 5.75 Å². The minimum Gasteiger partial charge on any atom is -0.435 e. The van der Waals surface area contributed by atoms with Crippen molar-refractivity contribution in [3.05, 3.63) is 59.7 Å². The number of carbonyl (C=O) groups is 3. The number of fused-ring (bicyclic) bond motifs is 2. The summed E-state index contributed by atoms with van der Waals surface area (Å²) in [4.78, 5) is 39.0. The summed E-state index contributed by atoms with van der Waals surface area (Å²) in [6.07, 6.45) is 2.04. The van der Waals surface area contributed by atoms with Gasteiger partial charge in [0.2, 0.25) is 5.91 Å². The Morgan fingerprint density at radius 3 is 2.63 bits per heavy atom. The van der Waals surface area contributed by atoms with Gasteiger partial charge < -0.3 is 15.4 Å². The van der Waals surface area contributed by atoms with E-state index in [0.717, 1.165) is 28.9 Å². The van der Waals surface area contributed by atoms with Crippen LogP contribution in [0.3, 0.4) is 0 Å². The van der Waals surface area contributed by atoms with Gasteiger partial charge in [-0.1, -0.05) is 24.3 Å². The summed E-state index contributed by atoms with van der Waals surface area (Å²) in [6, 6.07) is 12.2. The average molecular weight is 415 g/mol. The molecule has 2 aromatic carbocycles. The number of rotatable bonds is 5. The number of nitrogens with zero attached hydrogens (tertiary/aromatic N) is 1. The van der Waals surface area contributed by atoms with E-state index in [0.29, 0.717) is 12.1 Å².